The minimum Gasteiger partial charge on any atom is -0.481 e. The van der Waals surface area contributed by atoms with Crippen LogP contribution in [0.4, 0.5) is 5.69 Å². The monoisotopic (exact) mass is 206 g/mol. The molecule has 0 radical (unpaired) electrons. The maximum Gasteiger partial charge on any atom is 0.312 e. The average molecular weight is 206 g/mol. The molecule has 1 aromatic rings. The van der Waals surface area contributed by atoms with Crippen LogP contribution in [0.25, 0.3) is 0 Å². The van der Waals surface area contributed by atoms with Crippen LogP contribution < -0.4 is 11.1 Å². The highest BCUT2D eigenvalue weighted by atomic mass is 16.4. The van der Waals surface area contributed by atoms with Crippen LogP contribution in [-0.4, -0.2) is 23.5 Å². The molecule has 1 amide bonds. The Hall–Kier alpha value is -2.04. The summed E-state index contributed by atoms with van der Waals surface area (Å²) in [5.74, 6) is -1.89. The number of amides is 1. The van der Waals surface area contributed by atoms with Gasteiger partial charge in [-0.3, -0.25) is 9.59 Å². The number of carbonyl (C=O) groups excluding carboxylic acids is 1. The first kappa shape index (κ1) is 9.51. The lowest BCUT2D eigenvalue weighted by Gasteiger charge is -2.22. The summed E-state index contributed by atoms with van der Waals surface area (Å²) in [5.41, 5.74) is 6.88. The van der Waals surface area contributed by atoms with E-state index in [1.54, 1.807) is 12.1 Å². The van der Waals surface area contributed by atoms with Crippen molar-refractivity contribution in [3.63, 3.8) is 0 Å². The molecule has 1 atom stereocenters. The number of carboxylic acid groups (broad SMARTS) is 1. The van der Waals surface area contributed by atoms with E-state index in [4.69, 9.17) is 10.8 Å². The number of nitrogens with one attached hydrogen (secondary N) is 1. The van der Waals surface area contributed by atoms with Crippen LogP contribution in [-0.2, 0) is 4.79 Å². The minimum absolute atomic E-state index is 0.130. The van der Waals surface area contributed by atoms with Gasteiger partial charge in [-0.25, -0.2) is 0 Å². The summed E-state index contributed by atoms with van der Waals surface area (Å²) in [6.07, 6.45) is 0. The van der Waals surface area contributed by atoms with Crippen molar-refractivity contribution in [2.45, 2.75) is 5.92 Å². The molecule has 0 saturated carbocycles. The Balaban J connectivity index is 2.55. The fourth-order valence-electron chi connectivity index (χ4n) is 1.69. The Morgan fingerprint density at radius 1 is 1.53 bits per heavy atom. The topological polar surface area (TPSA) is 92.4 Å². The molecule has 0 aliphatic carbocycles. The first-order chi connectivity index (χ1) is 7.09. The van der Waals surface area contributed by atoms with Crippen LogP contribution in [0.5, 0.6) is 0 Å². The number of anilines is 1. The molecule has 2 rings (SSSR count). The van der Waals surface area contributed by atoms with E-state index in [0.29, 0.717) is 16.8 Å². The second-order valence-corrected chi connectivity index (χ2v) is 3.45. The molecule has 5 heteroatoms. The smallest absolute Gasteiger partial charge is 0.312 e. The number of benzene rings is 1. The van der Waals surface area contributed by atoms with E-state index in [-0.39, 0.29) is 12.5 Å². The quantitative estimate of drug-likeness (QED) is 0.571. The zero-order valence-corrected chi connectivity index (χ0v) is 7.86. The summed E-state index contributed by atoms with van der Waals surface area (Å²) in [7, 11) is 0. The predicted octanol–water partition coefficient (Wildman–Crippen LogP) is 0.180. The standard InChI is InChI=1S/C10H10N2O3/c11-5-1-2-6-7(3-5)9(13)12-4-8(6)10(14)15/h1-3,8H,4,11H2,(H,12,13)(H,14,15). The Bertz CT molecular complexity index is 442. The van der Waals surface area contributed by atoms with E-state index in [9.17, 15) is 9.59 Å². The molecule has 0 saturated heterocycles. The Kier molecular flexibility index (Phi) is 2.07. The maximum absolute atomic E-state index is 11.4. The summed E-state index contributed by atoms with van der Waals surface area (Å²) >= 11 is 0. The summed E-state index contributed by atoms with van der Waals surface area (Å²) in [6.45, 7) is 0.130. The zero-order chi connectivity index (χ0) is 11.0. The first-order valence-corrected chi connectivity index (χ1v) is 4.50. The van der Waals surface area contributed by atoms with E-state index < -0.39 is 11.9 Å². The van der Waals surface area contributed by atoms with Crippen molar-refractivity contribution in [1.29, 1.82) is 0 Å². The SMILES string of the molecule is Nc1ccc2c(c1)C(=O)NCC2C(=O)O. The van der Waals surface area contributed by atoms with Crippen molar-refractivity contribution in [3.8, 4) is 0 Å². The predicted molar refractivity (Wildman–Crippen MR) is 53.6 cm³/mol. The molecule has 1 aliphatic heterocycles. The lowest BCUT2D eigenvalue weighted by molar-refractivity contribution is -0.138. The average Bonchev–Trinajstić information content (AvgIpc) is 2.19. The van der Waals surface area contributed by atoms with Crippen molar-refractivity contribution in [2.24, 2.45) is 0 Å². The fourth-order valence-corrected chi connectivity index (χ4v) is 1.69. The number of carbonyl (C=O) groups is 2. The van der Waals surface area contributed by atoms with Crippen LogP contribution in [0.1, 0.15) is 21.8 Å². The number of hydrogen-bond donors (Lipinski definition) is 3. The Labute approximate surface area is 85.9 Å². The summed E-state index contributed by atoms with van der Waals surface area (Å²) in [6, 6.07) is 4.70. The van der Waals surface area contributed by atoms with Gasteiger partial charge in [0.05, 0.1) is 5.92 Å². The number of carboxylic acids is 1. The van der Waals surface area contributed by atoms with Gasteiger partial charge in [0.1, 0.15) is 0 Å². The van der Waals surface area contributed by atoms with Crippen LogP contribution in [0, 0.1) is 0 Å². The van der Waals surface area contributed by atoms with Crippen molar-refractivity contribution in [3.05, 3.63) is 29.3 Å². The molecule has 1 unspecified atom stereocenters. The lowest BCUT2D eigenvalue weighted by atomic mass is 9.90. The van der Waals surface area contributed by atoms with Crippen LogP contribution in [0.2, 0.25) is 0 Å². The van der Waals surface area contributed by atoms with Crippen LogP contribution in [0.15, 0.2) is 18.2 Å². The molecule has 1 aliphatic rings. The van der Waals surface area contributed by atoms with E-state index in [1.807, 2.05) is 0 Å². The Morgan fingerprint density at radius 3 is 2.93 bits per heavy atom. The van der Waals surface area contributed by atoms with Gasteiger partial charge < -0.3 is 16.2 Å². The van der Waals surface area contributed by atoms with Gasteiger partial charge in [-0.1, -0.05) is 6.07 Å². The van der Waals surface area contributed by atoms with Crippen molar-refractivity contribution >= 4 is 17.6 Å². The van der Waals surface area contributed by atoms with Crippen molar-refractivity contribution in [2.75, 3.05) is 12.3 Å². The third kappa shape index (κ3) is 1.52. The summed E-state index contributed by atoms with van der Waals surface area (Å²) < 4.78 is 0. The molecule has 1 heterocycles. The molecule has 0 bridgehead atoms. The van der Waals surface area contributed by atoms with Gasteiger partial charge in [-0.15, -0.1) is 0 Å². The molecule has 5 nitrogen and oxygen atoms in total. The second-order valence-electron chi connectivity index (χ2n) is 3.45. The molecular formula is C10H10N2O3. The number of fused-ring (bicyclic) bond motifs is 1. The number of aliphatic carboxylic acids is 1. The van der Waals surface area contributed by atoms with Gasteiger partial charge >= 0.3 is 5.97 Å². The summed E-state index contributed by atoms with van der Waals surface area (Å²) in [5, 5.41) is 11.5. The van der Waals surface area contributed by atoms with Gasteiger partial charge in [0.25, 0.3) is 5.91 Å². The third-order valence-electron chi connectivity index (χ3n) is 2.46. The molecule has 78 valence electrons. The second kappa shape index (κ2) is 3.27. The minimum atomic E-state index is -0.943. The molecule has 0 spiro atoms. The number of hydrogen-bond acceptors (Lipinski definition) is 3. The highest BCUT2D eigenvalue weighted by molar-refractivity contribution is 6.00. The molecule has 0 fully saturated rings. The lowest BCUT2D eigenvalue weighted by Crippen LogP contribution is -2.38. The maximum atomic E-state index is 11.4. The zero-order valence-electron chi connectivity index (χ0n) is 7.86. The molecule has 15 heavy (non-hydrogen) atoms. The fraction of sp³-hybridized carbons (Fsp3) is 0.200. The number of rotatable bonds is 1. The van der Waals surface area contributed by atoms with Crippen LogP contribution >= 0.6 is 0 Å². The van der Waals surface area contributed by atoms with Gasteiger partial charge in [0, 0.05) is 17.8 Å². The molecule has 0 aromatic heterocycles. The van der Waals surface area contributed by atoms with Gasteiger partial charge in [0.15, 0.2) is 0 Å². The highest BCUT2D eigenvalue weighted by Gasteiger charge is 2.29. The highest BCUT2D eigenvalue weighted by Crippen LogP contribution is 2.25. The molecular weight excluding hydrogens is 196 g/mol. The van der Waals surface area contributed by atoms with Crippen molar-refractivity contribution in [1.82, 2.24) is 5.32 Å². The largest absolute Gasteiger partial charge is 0.481 e. The van der Waals surface area contributed by atoms with Gasteiger partial charge in [0.2, 0.25) is 0 Å². The third-order valence-corrected chi connectivity index (χ3v) is 2.46. The van der Waals surface area contributed by atoms with Gasteiger partial charge in [-0.05, 0) is 17.7 Å². The Morgan fingerprint density at radius 2 is 2.27 bits per heavy atom. The van der Waals surface area contributed by atoms with Gasteiger partial charge in [-0.2, -0.15) is 0 Å². The van der Waals surface area contributed by atoms with Crippen molar-refractivity contribution < 1.29 is 14.7 Å². The van der Waals surface area contributed by atoms with Crippen LogP contribution in [0.3, 0.4) is 0 Å². The molecule has 1 aromatic carbocycles. The van der Waals surface area contributed by atoms with E-state index in [2.05, 4.69) is 5.32 Å². The van der Waals surface area contributed by atoms with E-state index in [1.165, 1.54) is 6.07 Å². The summed E-state index contributed by atoms with van der Waals surface area (Å²) in [4.78, 5) is 22.4. The number of nitrogens with two attached hydrogens (primary N) is 1. The van der Waals surface area contributed by atoms with E-state index in [0.717, 1.165) is 0 Å². The number of nitrogen functional groups attached to an aromatic ring is 1. The van der Waals surface area contributed by atoms with E-state index >= 15 is 0 Å². The molecule has 4 N–H and O–H groups in total. The first-order valence-electron chi connectivity index (χ1n) is 4.50. The normalized spacial score (nSPS) is 19.2.